The summed E-state index contributed by atoms with van der Waals surface area (Å²) in [4.78, 5) is 0. The minimum atomic E-state index is 0.188. The maximum Gasteiger partial charge on any atom is 0.0297 e. The van der Waals surface area contributed by atoms with Crippen LogP contribution in [0.3, 0.4) is 0 Å². The van der Waals surface area contributed by atoms with E-state index >= 15 is 0 Å². The van der Waals surface area contributed by atoms with Gasteiger partial charge < -0.3 is 5.73 Å². The second-order valence-electron chi connectivity index (χ2n) is 5.87. The second-order valence-corrected chi connectivity index (χ2v) is 6.79. The molecule has 0 bridgehead atoms. The predicted molar refractivity (Wildman–Crippen MR) is 93.0 cm³/mol. The number of nitrogens with two attached hydrogens (primary N) is 1. The van der Waals surface area contributed by atoms with Crippen LogP contribution in [0.4, 0.5) is 0 Å². The molecule has 20 heavy (non-hydrogen) atoms. The van der Waals surface area contributed by atoms with Gasteiger partial charge in [-0.25, -0.2) is 0 Å². The van der Waals surface area contributed by atoms with Gasteiger partial charge in [-0.05, 0) is 36.6 Å². The number of rotatable bonds is 10. The molecule has 1 nitrogen and oxygen atoms in total. The van der Waals surface area contributed by atoms with Gasteiger partial charge in [0.2, 0.25) is 0 Å². The van der Waals surface area contributed by atoms with Gasteiger partial charge in [0.05, 0.1) is 0 Å². The van der Waals surface area contributed by atoms with Crippen molar-refractivity contribution in [2.75, 3.05) is 0 Å². The molecular formula is C18H30BrN. The van der Waals surface area contributed by atoms with E-state index in [-0.39, 0.29) is 6.04 Å². The molecule has 1 atom stereocenters. The first-order valence-electron chi connectivity index (χ1n) is 8.16. The smallest absolute Gasteiger partial charge is 0.0297 e. The average Bonchev–Trinajstić information content (AvgIpc) is 2.44. The summed E-state index contributed by atoms with van der Waals surface area (Å²) < 4.78 is 1.13. The summed E-state index contributed by atoms with van der Waals surface area (Å²) >= 11 is 3.53. The van der Waals surface area contributed by atoms with E-state index in [1.807, 2.05) is 0 Å². The van der Waals surface area contributed by atoms with Gasteiger partial charge in [-0.15, -0.1) is 0 Å². The van der Waals surface area contributed by atoms with Crippen molar-refractivity contribution in [2.24, 2.45) is 5.73 Å². The van der Waals surface area contributed by atoms with Gasteiger partial charge in [0.25, 0.3) is 0 Å². The number of hydrogen-bond acceptors (Lipinski definition) is 1. The first-order valence-corrected chi connectivity index (χ1v) is 8.96. The van der Waals surface area contributed by atoms with Crippen LogP contribution in [0.5, 0.6) is 0 Å². The first kappa shape index (κ1) is 17.7. The summed E-state index contributed by atoms with van der Waals surface area (Å²) in [5.41, 5.74) is 8.92. The normalized spacial score (nSPS) is 12.6. The van der Waals surface area contributed by atoms with E-state index in [2.05, 4.69) is 48.0 Å². The molecule has 0 saturated carbocycles. The Labute approximate surface area is 133 Å². The maximum atomic E-state index is 6.32. The van der Waals surface area contributed by atoms with Crippen molar-refractivity contribution in [3.8, 4) is 0 Å². The number of unbranched alkanes of at least 4 members (excludes halogenated alkanes) is 7. The molecule has 1 aromatic rings. The molecular weight excluding hydrogens is 310 g/mol. The highest BCUT2D eigenvalue weighted by Crippen LogP contribution is 2.24. The van der Waals surface area contributed by atoms with Crippen molar-refractivity contribution in [1.82, 2.24) is 0 Å². The minimum Gasteiger partial charge on any atom is -0.324 e. The Morgan fingerprint density at radius 2 is 1.60 bits per heavy atom. The van der Waals surface area contributed by atoms with Crippen molar-refractivity contribution < 1.29 is 0 Å². The predicted octanol–water partition coefficient (Wildman–Crippen LogP) is 6.29. The molecule has 0 aliphatic carbocycles. The SMILES string of the molecule is CCCCCCCCCCC(N)c1cc(Br)ccc1C. The molecule has 0 amide bonds. The Morgan fingerprint density at radius 1 is 1.00 bits per heavy atom. The fourth-order valence-corrected chi connectivity index (χ4v) is 3.04. The van der Waals surface area contributed by atoms with Gasteiger partial charge >= 0.3 is 0 Å². The zero-order chi connectivity index (χ0) is 14.8. The van der Waals surface area contributed by atoms with Crippen LogP contribution in [-0.4, -0.2) is 0 Å². The number of aryl methyl sites for hydroxylation is 1. The number of benzene rings is 1. The molecule has 0 radical (unpaired) electrons. The fourth-order valence-electron chi connectivity index (χ4n) is 2.66. The highest BCUT2D eigenvalue weighted by atomic mass is 79.9. The van der Waals surface area contributed by atoms with Gasteiger partial charge in [-0.1, -0.05) is 80.3 Å². The van der Waals surface area contributed by atoms with Gasteiger partial charge in [0.1, 0.15) is 0 Å². The molecule has 114 valence electrons. The van der Waals surface area contributed by atoms with Crippen molar-refractivity contribution >= 4 is 15.9 Å². The molecule has 0 fully saturated rings. The third-order valence-corrected chi connectivity index (χ3v) is 4.50. The van der Waals surface area contributed by atoms with Crippen molar-refractivity contribution in [3.05, 3.63) is 33.8 Å². The van der Waals surface area contributed by atoms with E-state index in [9.17, 15) is 0 Å². The van der Waals surface area contributed by atoms with Gasteiger partial charge in [0, 0.05) is 10.5 Å². The number of hydrogen-bond donors (Lipinski definition) is 1. The molecule has 1 unspecified atom stereocenters. The summed E-state index contributed by atoms with van der Waals surface area (Å²) in [6.07, 6.45) is 12.0. The molecule has 1 rings (SSSR count). The van der Waals surface area contributed by atoms with Crippen LogP contribution in [0, 0.1) is 6.92 Å². The topological polar surface area (TPSA) is 26.0 Å². The van der Waals surface area contributed by atoms with Crippen LogP contribution in [0.25, 0.3) is 0 Å². The van der Waals surface area contributed by atoms with E-state index < -0.39 is 0 Å². The molecule has 0 spiro atoms. The van der Waals surface area contributed by atoms with E-state index in [1.165, 1.54) is 62.5 Å². The summed E-state index contributed by atoms with van der Waals surface area (Å²) in [7, 11) is 0. The highest BCUT2D eigenvalue weighted by molar-refractivity contribution is 9.10. The van der Waals surface area contributed by atoms with Crippen LogP contribution >= 0.6 is 15.9 Å². The van der Waals surface area contributed by atoms with E-state index in [0.717, 1.165) is 10.9 Å². The largest absolute Gasteiger partial charge is 0.324 e. The van der Waals surface area contributed by atoms with Crippen molar-refractivity contribution in [1.29, 1.82) is 0 Å². The standard InChI is InChI=1S/C18H30BrN/c1-3-4-5-6-7-8-9-10-11-18(20)17-14-16(19)13-12-15(17)2/h12-14,18H,3-11,20H2,1-2H3. The lowest BCUT2D eigenvalue weighted by Gasteiger charge is -2.15. The van der Waals surface area contributed by atoms with Gasteiger partial charge in [-0.3, -0.25) is 0 Å². The van der Waals surface area contributed by atoms with E-state index in [1.54, 1.807) is 0 Å². The summed E-state index contributed by atoms with van der Waals surface area (Å²) in [6, 6.07) is 6.59. The lowest BCUT2D eigenvalue weighted by Crippen LogP contribution is -2.11. The number of halogens is 1. The Bertz CT molecular complexity index is 376. The molecule has 0 aromatic heterocycles. The Kier molecular flexibility index (Phi) is 9.21. The summed E-state index contributed by atoms with van der Waals surface area (Å²) in [6.45, 7) is 4.42. The fraction of sp³-hybridized carbons (Fsp3) is 0.667. The third-order valence-electron chi connectivity index (χ3n) is 4.01. The van der Waals surface area contributed by atoms with Gasteiger partial charge in [0.15, 0.2) is 0 Å². The Morgan fingerprint density at radius 3 is 2.25 bits per heavy atom. The molecule has 0 aliphatic rings. The maximum absolute atomic E-state index is 6.32. The highest BCUT2D eigenvalue weighted by Gasteiger charge is 2.09. The van der Waals surface area contributed by atoms with Crippen LogP contribution in [-0.2, 0) is 0 Å². The van der Waals surface area contributed by atoms with E-state index in [4.69, 9.17) is 5.73 Å². The van der Waals surface area contributed by atoms with Crippen LogP contribution in [0.1, 0.15) is 81.9 Å². The quantitative estimate of drug-likeness (QED) is 0.498. The van der Waals surface area contributed by atoms with Crippen LogP contribution < -0.4 is 5.73 Å². The van der Waals surface area contributed by atoms with Gasteiger partial charge in [-0.2, -0.15) is 0 Å². The lowest BCUT2D eigenvalue weighted by molar-refractivity contribution is 0.535. The molecule has 2 N–H and O–H groups in total. The van der Waals surface area contributed by atoms with Crippen molar-refractivity contribution in [3.63, 3.8) is 0 Å². The summed E-state index contributed by atoms with van der Waals surface area (Å²) in [5.74, 6) is 0. The Balaban J connectivity index is 2.17. The molecule has 0 heterocycles. The molecule has 0 aliphatic heterocycles. The first-order chi connectivity index (χ1) is 9.65. The average molecular weight is 340 g/mol. The zero-order valence-electron chi connectivity index (χ0n) is 13.1. The van der Waals surface area contributed by atoms with Crippen LogP contribution in [0.2, 0.25) is 0 Å². The van der Waals surface area contributed by atoms with Crippen LogP contribution in [0.15, 0.2) is 22.7 Å². The van der Waals surface area contributed by atoms with E-state index in [0.29, 0.717) is 0 Å². The summed E-state index contributed by atoms with van der Waals surface area (Å²) in [5, 5.41) is 0. The third kappa shape index (κ3) is 6.90. The Hall–Kier alpha value is -0.340. The molecule has 2 heteroatoms. The van der Waals surface area contributed by atoms with Crippen molar-refractivity contribution in [2.45, 2.75) is 77.7 Å². The second kappa shape index (κ2) is 10.4. The molecule has 1 aromatic carbocycles. The molecule has 0 saturated heterocycles. The zero-order valence-corrected chi connectivity index (χ0v) is 14.7. The lowest BCUT2D eigenvalue weighted by atomic mass is 9.97. The monoisotopic (exact) mass is 339 g/mol. The minimum absolute atomic E-state index is 0.188.